The molecule has 7 heteroatoms. The van der Waals surface area contributed by atoms with Gasteiger partial charge in [-0.25, -0.2) is 9.69 Å². The van der Waals surface area contributed by atoms with Gasteiger partial charge in [0.05, 0.1) is 17.3 Å². The van der Waals surface area contributed by atoms with Crippen LogP contribution in [0.25, 0.3) is 6.08 Å². The smallest absolute Gasteiger partial charge is 0.335 e. The lowest BCUT2D eigenvalue weighted by atomic mass is 9.48. The molecule has 0 spiro atoms. The zero-order valence-electron chi connectivity index (χ0n) is 23.2. The largest absolute Gasteiger partial charge is 0.489 e. The quantitative estimate of drug-likeness (QED) is 0.284. The number of benzene rings is 3. The minimum Gasteiger partial charge on any atom is -0.489 e. The number of imide groups is 2. The van der Waals surface area contributed by atoms with Crippen molar-refractivity contribution in [1.82, 2.24) is 5.32 Å². The molecule has 0 atom stereocenters. The molecule has 3 aromatic carbocycles. The maximum atomic E-state index is 13.5. The van der Waals surface area contributed by atoms with Crippen LogP contribution in [0.1, 0.15) is 60.8 Å². The summed E-state index contributed by atoms with van der Waals surface area (Å²) >= 11 is 0. The zero-order valence-corrected chi connectivity index (χ0v) is 23.2. The van der Waals surface area contributed by atoms with Crippen LogP contribution in [-0.4, -0.2) is 17.8 Å². The number of nitriles is 1. The van der Waals surface area contributed by atoms with E-state index < -0.39 is 17.8 Å². The predicted molar refractivity (Wildman–Crippen MR) is 157 cm³/mol. The Morgan fingerprint density at radius 2 is 1.52 bits per heavy atom. The maximum Gasteiger partial charge on any atom is 0.335 e. The van der Waals surface area contributed by atoms with Crippen LogP contribution in [0, 0.1) is 29.1 Å². The number of carbonyl (C=O) groups is 3. The van der Waals surface area contributed by atoms with Crippen molar-refractivity contribution >= 4 is 29.6 Å². The number of nitrogens with one attached hydrogen (secondary N) is 1. The van der Waals surface area contributed by atoms with E-state index in [0.29, 0.717) is 22.6 Å². The summed E-state index contributed by atoms with van der Waals surface area (Å²) in [6, 6.07) is 23.4. The number of anilines is 1. The number of urea groups is 1. The van der Waals surface area contributed by atoms with Gasteiger partial charge in [-0.2, -0.15) is 5.26 Å². The number of barbiturate groups is 1. The second-order valence-corrected chi connectivity index (χ2v) is 12.3. The molecule has 0 aromatic heterocycles. The third kappa shape index (κ3) is 4.67. The summed E-state index contributed by atoms with van der Waals surface area (Å²) in [7, 11) is 0. The summed E-state index contributed by atoms with van der Waals surface area (Å²) in [4.78, 5) is 40.0. The molecule has 1 saturated heterocycles. The van der Waals surface area contributed by atoms with Gasteiger partial charge in [0.25, 0.3) is 11.8 Å². The van der Waals surface area contributed by atoms with Gasteiger partial charge >= 0.3 is 6.03 Å². The number of ether oxygens (including phenoxy) is 1. The molecule has 4 amide bonds. The van der Waals surface area contributed by atoms with Crippen molar-refractivity contribution in [2.75, 3.05) is 4.90 Å². The van der Waals surface area contributed by atoms with E-state index in [-0.39, 0.29) is 17.6 Å². The average Bonchev–Trinajstić information content (AvgIpc) is 2.98. The Hall–Kier alpha value is -4.70. The lowest BCUT2D eigenvalue weighted by Gasteiger charge is -2.57. The summed E-state index contributed by atoms with van der Waals surface area (Å²) in [5, 5.41) is 11.6. The second kappa shape index (κ2) is 10.3. The molecule has 7 nitrogen and oxygen atoms in total. The fourth-order valence-electron chi connectivity index (χ4n) is 8.06. The van der Waals surface area contributed by atoms with Crippen LogP contribution in [-0.2, 0) is 21.6 Å². The first-order valence-corrected chi connectivity index (χ1v) is 14.6. The third-order valence-electron chi connectivity index (χ3n) is 9.60. The van der Waals surface area contributed by atoms with Crippen LogP contribution in [0.4, 0.5) is 10.5 Å². The highest BCUT2D eigenvalue weighted by Gasteiger charge is 2.51. The molecule has 3 aromatic rings. The summed E-state index contributed by atoms with van der Waals surface area (Å²) in [5.74, 6) is 1.68. The molecule has 4 bridgehead atoms. The lowest BCUT2D eigenvalue weighted by molar-refractivity contribution is -0.122. The van der Waals surface area contributed by atoms with E-state index in [1.807, 2.05) is 24.3 Å². The Bertz CT molecular complexity index is 1610. The minimum atomic E-state index is -0.744. The van der Waals surface area contributed by atoms with Gasteiger partial charge < -0.3 is 4.74 Å². The predicted octanol–water partition coefficient (Wildman–Crippen LogP) is 6.27. The number of nitrogens with zero attached hydrogens (tertiary/aromatic N) is 2. The van der Waals surface area contributed by atoms with Crippen LogP contribution in [0.3, 0.4) is 0 Å². The molecule has 0 unspecified atom stereocenters. The molecule has 5 fully saturated rings. The summed E-state index contributed by atoms with van der Waals surface area (Å²) in [6.07, 6.45) is 9.30. The Kier molecular flexibility index (Phi) is 6.42. The van der Waals surface area contributed by atoms with Crippen molar-refractivity contribution in [2.45, 2.75) is 50.5 Å². The van der Waals surface area contributed by atoms with Crippen molar-refractivity contribution in [3.8, 4) is 11.8 Å². The molecule has 4 aliphatic carbocycles. The van der Waals surface area contributed by atoms with Crippen molar-refractivity contribution in [2.24, 2.45) is 17.8 Å². The Morgan fingerprint density at radius 1 is 0.881 bits per heavy atom. The zero-order chi connectivity index (χ0) is 28.8. The fourth-order valence-corrected chi connectivity index (χ4v) is 8.06. The first kappa shape index (κ1) is 26.2. The molecule has 1 N–H and O–H groups in total. The average molecular weight is 558 g/mol. The standard InChI is InChI=1S/C35H31N3O4/c36-20-26-3-1-2-4-27(26)21-42-30-11-5-22(6-12-30)16-31-32(39)37-34(41)38(33(31)40)29-9-7-28(8-10-29)35-17-23-13-24(18-35)15-25(14-23)19-35/h1-12,16,23-25H,13-15,17-19,21H2,(H,37,39,41)/b31-16+. The molecule has 1 heterocycles. The molecule has 210 valence electrons. The van der Waals surface area contributed by atoms with Gasteiger partial charge in [0.15, 0.2) is 0 Å². The molecular formula is C35H31N3O4. The van der Waals surface area contributed by atoms with Gasteiger partial charge in [0, 0.05) is 5.56 Å². The minimum absolute atomic E-state index is 0.114. The second-order valence-electron chi connectivity index (χ2n) is 12.3. The van der Waals surface area contributed by atoms with E-state index in [9.17, 15) is 19.6 Å². The first-order chi connectivity index (χ1) is 20.4. The molecule has 4 saturated carbocycles. The van der Waals surface area contributed by atoms with E-state index in [1.54, 1.807) is 36.4 Å². The van der Waals surface area contributed by atoms with Crippen molar-refractivity contribution in [3.63, 3.8) is 0 Å². The van der Waals surface area contributed by atoms with Gasteiger partial charge in [-0.3, -0.25) is 14.9 Å². The van der Waals surface area contributed by atoms with Crippen LogP contribution in [0.5, 0.6) is 5.75 Å². The normalized spacial score (nSPS) is 27.2. The van der Waals surface area contributed by atoms with Crippen molar-refractivity contribution < 1.29 is 19.1 Å². The highest BCUT2D eigenvalue weighted by molar-refractivity contribution is 6.39. The van der Waals surface area contributed by atoms with E-state index >= 15 is 0 Å². The topological polar surface area (TPSA) is 99.5 Å². The van der Waals surface area contributed by atoms with Gasteiger partial charge in [-0.1, -0.05) is 42.5 Å². The number of hydrogen-bond donors (Lipinski definition) is 1. The molecule has 42 heavy (non-hydrogen) atoms. The SMILES string of the molecule is N#Cc1ccccc1COc1ccc(/C=C2\C(=O)NC(=O)N(c3ccc(C45CC6CC(CC(C6)C4)C5)cc3)C2=O)cc1. The Labute approximate surface area is 244 Å². The van der Waals surface area contributed by atoms with Gasteiger partial charge in [0.1, 0.15) is 17.9 Å². The number of rotatable bonds is 6. The molecule has 1 aliphatic heterocycles. The van der Waals surface area contributed by atoms with Crippen LogP contribution in [0.15, 0.2) is 78.4 Å². The van der Waals surface area contributed by atoms with Crippen LogP contribution < -0.4 is 15.0 Å². The van der Waals surface area contributed by atoms with Gasteiger partial charge in [0.2, 0.25) is 0 Å². The van der Waals surface area contributed by atoms with E-state index in [4.69, 9.17) is 4.74 Å². The first-order valence-electron chi connectivity index (χ1n) is 14.6. The van der Waals surface area contributed by atoms with Crippen molar-refractivity contribution in [3.05, 3.63) is 101 Å². The molecule has 8 rings (SSSR count). The lowest BCUT2D eigenvalue weighted by Crippen LogP contribution is -2.54. The summed E-state index contributed by atoms with van der Waals surface area (Å²) < 4.78 is 5.83. The number of carbonyl (C=O) groups excluding carboxylic acids is 3. The summed E-state index contributed by atoms with van der Waals surface area (Å²) in [6.45, 7) is 0.240. The van der Waals surface area contributed by atoms with Crippen LogP contribution >= 0.6 is 0 Å². The maximum absolute atomic E-state index is 13.5. The molecular weight excluding hydrogens is 526 g/mol. The van der Waals surface area contributed by atoms with E-state index in [2.05, 4.69) is 23.5 Å². The summed E-state index contributed by atoms with van der Waals surface area (Å²) in [5.41, 5.74) is 3.82. The Balaban J connectivity index is 1.07. The highest BCUT2D eigenvalue weighted by atomic mass is 16.5. The monoisotopic (exact) mass is 557 g/mol. The van der Waals surface area contributed by atoms with Crippen molar-refractivity contribution in [1.29, 1.82) is 5.26 Å². The number of amides is 4. The molecule has 5 aliphatic rings. The fraction of sp³-hybridized carbons (Fsp3) is 0.314. The van der Waals surface area contributed by atoms with Gasteiger partial charge in [-0.05, 0) is 109 Å². The van der Waals surface area contributed by atoms with E-state index in [0.717, 1.165) is 28.2 Å². The van der Waals surface area contributed by atoms with Crippen LogP contribution in [0.2, 0.25) is 0 Å². The van der Waals surface area contributed by atoms with E-state index in [1.165, 1.54) is 50.2 Å². The highest BCUT2D eigenvalue weighted by Crippen LogP contribution is 2.60. The molecule has 0 radical (unpaired) electrons. The number of hydrogen-bond acceptors (Lipinski definition) is 5. The Morgan fingerprint density at radius 3 is 2.17 bits per heavy atom. The third-order valence-corrected chi connectivity index (χ3v) is 9.60. The van der Waals surface area contributed by atoms with Gasteiger partial charge in [-0.15, -0.1) is 0 Å².